The van der Waals surface area contributed by atoms with Gasteiger partial charge in [0.25, 0.3) is 0 Å². The van der Waals surface area contributed by atoms with Gasteiger partial charge in [-0.2, -0.15) is 0 Å². The fourth-order valence-electron chi connectivity index (χ4n) is 1.54. The summed E-state index contributed by atoms with van der Waals surface area (Å²) in [5, 5.41) is 10.4. The Hall–Kier alpha value is -2.37. The van der Waals surface area contributed by atoms with Gasteiger partial charge in [-0.05, 0) is 24.3 Å². The minimum Gasteiger partial charge on any atom is -0.266 e. The van der Waals surface area contributed by atoms with Crippen molar-refractivity contribution in [2.45, 2.75) is 0 Å². The van der Waals surface area contributed by atoms with Gasteiger partial charge in [0.1, 0.15) is 0 Å². The van der Waals surface area contributed by atoms with E-state index in [1.807, 2.05) is 60.7 Å². The van der Waals surface area contributed by atoms with E-state index in [1.54, 1.807) is 0 Å². The number of hydrazine groups is 2. The summed E-state index contributed by atoms with van der Waals surface area (Å²) in [6, 6.07) is 18.4. The molecule has 18 heavy (non-hydrogen) atoms. The number of benzene rings is 2. The monoisotopic (exact) mass is 241 g/mol. The Kier molecular flexibility index (Phi) is 3.57. The first kappa shape index (κ1) is 12.1. The molecule has 5 heteroatoms. The molecule has 2 aromatic rings. The lowest BCUT2D eigenvalue weighted by Crippen LogP contribution is -2.51. The van der Waals surface area contributed by atoms with Crippen molar-refractivity contribution in [3.05, 3.63) is 60.7 Å². The standard InChI is InChI=1S/C13H15N5/c14-13(17(15)11-7-3-1-4-8-11)18(16)12-9-5-2-6-10-12/h1-10,14H,15-16H2. The van der Waals surface area contributed by atoms with Gasteiger partial charge in [-0.3, -0.25) is 5.41 Å². The van der Waals surface area contributed by atoms with Gasteiger partial charge in [-0.25, -0.2) is 21.7 Å². The van der Waals surface area contributed by atoms with Crippen LogP contribution in [0.15, 0.2) is 60.7 Å². The summed E-state index contributed by atoms with van der Waals surface area (Å²) in [4.78, 5) is 0. The average molecular weight is 241 g/mol. The number of rotatable bonds is 2. The zero-order valence-electron chi connectivity index (χ0n) is 9.82. The number of nitrogens with zero attached hydrogens (tertiary/aromatic N) is 2. The molecule has 0 aliphatic carbocycles. The van der Waals surface area contributed by atoms with Gasteiger partial charge in [0, 0.05) is 0 Å². The molecule has 92 valence electrons. The fourth-order valence-corrected chi connectivity index (χ4v) is 1.54. The van der Waals surface area contributed by atoms with E-state index >= 15 is 0 Å². The number of nitrogens with one attached hydrogen (secondary N) is 1. The van der Waals surface area contributed by atoms with Crippen LogP contribution in [0.25, 0.3) is 0 Å². The highest BCUT2D eigenvalue weighted by molar-refractivity contribution is 6.03. The van der Waals surface area contributed by atoms with Crippen molar-refractivity contribution < 1.29 is 0 Å². The van der Waals surface area contributed by atoms with E-state index in [1.165, 1.54) is 10.0 Å². The first-order valence-electron chi connectivity index (χ1n) is 5.48. The molecule has 5 nitrogen and oxygen atoms in total. The molecule has 0 fully saturated rings. The van der Waals surface area contributed by atoms with E-state index < -0.39 is 0 Å². The first-order valence-corrected chi connectivity index (χ1v) is 5.48. The van der Waals surface area contributed by atoms with Crippen molar-refractivity contribution in [2.75, 3.05) is 10.0 Å². The predicted octanol–water partition coefficient (Wildman–Crippen LogP) is 1.68. The summed E-state index contributed by atoms with van der Waals surface area (Å²) in [7, 11) is 0. The quantitative estimate of drug-likeness (QED) is 0.323. The molecule has 0 bridgehead atoms. The van der Waals surface area contributed by atoms with Crippen molar-refractivity contribution in [3.63, 3.8) is 0 Å². The second-order valence-electron chi connectivity index (χ2n) is 3.73. The maximum absolute atomic E-state index is 7.98. The van der Waals surface area contributed by atoms with Crippen LogP contribution < -0.4 is 21.7 Å². The van der Waals surface area contributed by atoms with Gasteiger partial charge in [0.05, 0.1) is 11.4 Å². The zero-order valence-corrected chi connectivity index (χ0v) is 9.82. The third kappa shape index (κ3) is 2.48. The Labute approximate surface area is 106 Å². The van der Waals surface area contributed by atoms with Crippen molar-refractivity contribution in [1.29, 1.82) is 5.41 Å². The van der Waals surface area contributed by atoms with Crippen molar-refractivity contribution >= 4 is 17.3 Å². The lowest BCUT2D eigenvalue weighted by molar-refractivity contribution is 1.01. The molecule has 2 rings (SSSR count). The number of hydrogen-bond acceptors (Lipinski definition) is 3. The van der Waals surface area contributed by atoms with E-state index in [9.17, 15) is 0 Å². The van der Waals surface area contributed by atoms with Crippen LogP contribution in [0.2, 0.25) is 0 Å². The molecule has 0 aliphatic heterocycles. The van der Waals surface area contributed by atoms with Crippen LogP contribution in [0.4, 0.5) is 11.4 Å². The van der Waals surface area contributed by atoms with Gasteiger partial charge in [0.15, 0.2) is 0 Å². The molecule has 5 N–H and O–H groups in total. The predicted molar refractivity (Wildman–Crippen MR) is 73.9 cm³/mol. The number of anilines is 2. The number of hydrogen-bond donors (Lipinski definition) is 3. The summed E-state index contributed by atoms with van der Waals surface area (Å²) < 4.78 is 0. The van der Waals surface area contributed by atoms with Crippen molar-refractivity contribution in [1.82, 2.24) is 0 Å². The summed E-state index contributed by atoms with van der Waals surface area (Å²) in [5.41, 5.74) is 1.41. The molecule has 0 amide bonds. The maximum Gasteiger partial charge on any atom is 0.232 e. The van der Waals surface area contributed by atoms with E-state index in [0.717, 1.165) is 0 Å². The SMILES string of the molecule is N=C(N(N)c1ccccc1)N(N)c1ccccc1. The van der Waals surface area contributed by atoms with E-state index in [2.05, 4.69) is 0 Å². The van der Waals surface area contributed by atoms with Crippen LogP contribution in [-0.4, -0.2) is 5.96 Å². The molecule has 0 atom stereocenters. The molecule has 0 saturated heterocycles. The Morgan fingerprint density at radius 2 is 1.06 bits per heavy atom. The third-order valence-corrected chi connectivity index (χ3v) is 2.53. The molecule has 0 spiro atoms. The van der Waals surface area contributed by atoms with Gasteiger partial charge in [-0.1, -0.05) is 36.4 Å². The summed E-state index contributed by atoms with van der Waals surface area (Å²) in [6.07, 6.45) is 0. The molecule has 0 radical (unpaired) electrons. The second kappa shape index (κ2) is 5.31. The highest BCUT2D eigenvalue weighted by atomic mass is 15.6. The zero-order chi connectivity index (χ0) is 13.0. The fraction of sp³-hybridized carbons (Fsp3) is 0. The number of nitrogens with two attached hydrogens (primary N) is 2. The number of guanidine groups is 1. The molecule has 2 aromatic carbocycles. The van der Waals surface area contributed by atoms with Crippen molar-refractivity contribution in [2.24, 2.45) is 11.7 Å². The van der Waals surface area contributed by atoms with Crippen LogP contribution in [0.5, 0.6) is 0 Å². The lowest BCUT2D eigenvalue weighted by atomic mass is 10.3. The minimum atomic E-state index is -0.00704. The Morgan fingerprint density at radius 1 is 0.722 bits per heavy atom. The highest BCUT2D eigenvalue weighted by Gasteiger charge is 2.14. The van der Waals surface area contributed by atoms with Crippen molar-refractivity contribution in [3.8, 4) is 0 Å². The molecule has 0 saturated carbocycles. The average Bonchev–Trinajstić information content (AvgIpc) is 2.47. The number of para-hydroxylation sites is 2. The van der Waals surface area contributed by atoms with Gasteiger partial charge in [-0.15, -0.1) is 0 Å². The maximum atomic E-state index is 7.98. The largest absolute Gasteiger partial charge is 0.266 e. The van der Waals surface area contributed by atoms with Crippen LogP contribution in [0.1, 0.15) is 0 Å². The summed E-state index contributed by atoms with van der Waals surface area (Å²) in [6.45, 7) is 0. The third-order valence-electron chi connectivity index (χ3n) is 2.53. The molecular weight excluding hydrogens is 226 g/mol. The first-order chi connectivity index (χ1) is 8.70. The van der Waals surface area contributed by atoms with Gasteiger partial charge < -0.3 is 0 Å². The lowest BCUT2D eigenvalue weighted by Gasteiger charge is -2.26. The topological polar surface area (TPSA) is 82.4 Å². The van der Waals surface area contributed by atoms with E-state index in [4.69, 9.17) is 17.1 Å². The molecule has 0 aromatic heterocycles. The minimum absolute atomic E-state index is 0.00704. The molecular formula is C13H15N5. The van der Waals surface area contributed by atoms with E-state index in [-0.39, 0.29) is 5.96 Å². The van der Waals surface area contributed by atoms with Gasteiger partial charge >= 0.3 is 0 Å². The van der Waals surface area contributed by atoms with E-state index in [0.29, 0.717) is 11.4 Å². The molecule has 0 aliphatic rings. The smallest absolute Gasteiger partial charge is 0.232 e. The normalized spacial score (nSPS) is 9.89. The van der Waals surface area contributed by atoms with Crippen LogP contribution >= 0.6 is 0 Å². The summed E-state index contributed by atoms with van der Waals surface area (Å²) >= 11 is 0. The van der Waals surface area contributed by atoms with Crippen LogP contribution in [0, 0.1) is 5.41 Å². The van der Waals surface area contributed by atoms with Gasteiger partial charge in [0.2, 0.25) is 5.96 Å². The Morgan fingerprint density at radius 3 is 1.39 bits per heavy atom. The Balaban J connectivity index is 2.17. The van der Waals surface area contributed by atoms with Crippen LogP contribution in [0.3, 0.4) is 0 Å². The Bertz CT molecular complexity index is 464. The molecule has 0 unspecified atom stereocenters. The second-order valence-corrected chi connectivity index (χ2v) is 3.73. The van der Waals surface area contributed by atoms with Crippen LogP contribution in [-0.2, 0) is 0 Å². The highest BCUT2D eigenvalue weighted by Crippen LogP contribution is 2.14. The molecule has 0 heterocycles. The summed E-state index contributed by atoms with van der Waals surface area (Å²) in [5.74, 6) is 11.7.